The molecule has 0 spiro atoms. The van der Waals surface area contributed by atoms with Crippen LogP contribution in [0.4, 0.5) is 11.4 Å². The van der Waals surface area contributed by atoms with E-state index in [1.165, 1.54) is 18.2 Å². The monoisotopic (exact) mass is 376 g/mol. The van der Waals surface area contributed by atoms with Crippen LogP contribution >= 0.6 is 11.6 Å². The number of halogens is 1. The number of anilines is 2. The van der Waals surface area contributed by atoms with Crippen LogP contribution in [0.2, 0.25) is 5.02 Å². The SMILES string of the molecule is Nc1ccc(NC(=O)c2cccc(Cl)c2)c2c1C(=O)c1ccccc1C2=O. The normalized spacial score (nSPS) is 12.3. The lowest BCUT2D eigenvalue weighted by molar-refractivity contribution is 0.0979. The quantitative estimate of drug-likeness (QED) is 0.518. The smallest absolute Gasteiger partial charge is 0.255 e. The molecular weight excluding hydrogens is 364 g/mol. The summed E-state index contributed by atoms with van der Waals surface area (Å²) in [6.45, 7) is 0. The van der Waals surface area contributed by atoms with Gasteiger partial charge in [-0.25, -0.2) is 0 Å². The van der Waals surface area contributed by atoms with Crippen molar-refractivity contribution in [2.75, 3.05) is 11.1 Å². The van der Waals surface area contributed by atoms with Gasteiger partial charge < -0.3 is 11.1 Å². The second-order valence-corrected chi connectivity index (χ2v) is 6.56. The third-order valence-corrected chi connectivity index (χ3v) is 4.68. The molecule has 0 bridgehead atoms. The zero-order chi connectivity index (χ0) is 19.1. The Bertz CT molecular complexity index is 1140. The van der Waals surface area contributed by atoms with Gasteiger partial charge in [0.15, 0.2) is 11.6 Å². The third kappa shape index (κ3) is 2.78. The van der Waals surface area contributed by atoms with Gasteiger partial charge in [-0.05, 0) is 30.3 Å². The molecule has 132 valence electrons. The van der Waals surface area contributed by atoms with Gasteiger partial charge >= 0.3 is 0 Å². The van der Waals surface area contributed by atoms with Crippen molar-refractivity contribution in [2.45, 2.75) is 0 Å². The number of nitrogen functional groups attached to an aromatic ring is 1. The minimum atomic E-state index is -0.441. The summed E-state index contributed by atoms with van der Waals surface area (Å²) in [5, 5.41) is 3.12. The summed E-state index contributed by atoms with van der Waals surface area (Å²) in [6.07, 6.45) is 0. The molecule has 0 heterocycles. The van der Waals surface area contributed by atoms with Gasteiger partial charge in [0.25, 0.3) is 5.91 Å². The number of nitrogens with two attached hydrogens (primary N) is 1. The summed E-state index contributed by atoms with van der Waals surface area (Å²) in [7, 11) is 0. The fourth-order valence-electron chi connectivity index (χ4n) is 3.18. The van der Waals surface area contributed by atoms with Crippen LogP contribution in [0, 0.1) is 0 Å². The van der Waals surface area contributed by atoms with Crippen molar-refractivity contribution in [1.82, 2.24) is 0 Å². The van der Waals surface area contributed by atoms with Gasteiger partial charge in [0.1, 0.15) is 0 Å². The predicted molar refractivity (Wildman–Crippen MR) is 104 cm³/mol. The molecular formula is C21H13ClN2O3. The topological polar surface area (TPSA) is 89.3 Å². The van der Waals surface area contributed by atoms with E-state index in [2.05, 4.69) is 5.32 Å². The number of ketones is 2. The number of hydrogen-bond donors (Lipinski definition) is 2. The van der Waals surface area contributed by atoms with Gasteiger partial charge in [0.2, 0.25) is 0 Å². The largest absolute Gasteiger partial charge is 0.398 e. The lowest BCUT2D eigenvalue weighted by Gasteiger charge is -2.21. The van der Waals surface area contributed by atoms with Crippen LogP contribution in [0.25, 0.3) is 0 Å². The maximum Gasteiger partial charge on any atom is 0.255 e. The second kappa shape index (κ2) is 6.37. The van der Waals surface area contributed by atoms with Gasteiger partial charge in [-0.3, -0.25) is 14.4 Å². The van der Waals surface area contributed by atoms with Crippen LogP contribution in [0.5, 0.6) is 0 Å². The molecule has 0 saturated carbocycles. The minimum Gasteiger partial charge on any atom is -0.398 e. The molecule has 5 nitrogen and oxygen atoms in total. The third-order valence-electron chi connectivity index (χ3n) is 4.44. The van der Waals surface area contributed by atoms with Crippen molar-refractivity contribution in [3.63, 3.8) is 0 Å². The average molecular weight is 377 g/mol. The van der Waals surface area contributed by atoms with Crippen LogP contribution in [0.3, 0.4) is 0 Å². The molecule has 0 radical (unpaired) electrons. The highest BCUT2D eigenvalue weighted by atomic mass is 35.5. The Morgan fingerprint density at radius 1 is 0.852 bits per heavy atom. The van der Waals surface area contributed by atoms with Crippen LogP contribution in [-0.2, 0) is 0 Å². The Morgan fingerprint density at radius 2 is 1.52 bits per heavy atom. The summed E-state index contributed by atoms with van der Waals surface area (Å²) in [5.41, 5.74) is 7.56. The molecule has 0 aliphatic heterocycles. The number of benzene rings is 3. The summed E-state index contributed by atoms with van der Waals surface area (Å²) >= 11 is 5.93. The molecule has 1 amide bonds. The number of hydrogen-bond acceptors (Lipinski definition) is 4. The number of carbonyl (C=O) groups is 3. The van der Waals surface area contributed by atoms with Crippen LogP contribution < -0.4 is 11.1 Å². The highest BCUT2D eigenvalue weighted by Gasteiger charge is 2.33. The molecule has 4 rings (SSSR count). The molecule has 0 saturated heterocycles. The number of nitrogens with one attached hydrogen (secondary N) is 1. The Hall–Kier alpha value is -3.44. The molecule has 6 heteroatoms. The van der Waals surface area contributed by atoms with Gasteiger partial charge in [-0.1, -0.05) is 41.9 Å². The van der Waals surface area contributed by atoms with Crippen molar-refractivity contribution in [2.24, 2.45) is 0 Å². The highest BCUT2D eigenvalue weighted by Crippen LogP contribution is 2.35. The zero-order valence-corrected chi connectivity index (χ0v) is 14.7. The lowest BCUT2D eigenvalue weighted by atomic mass is 9.82. The molecule has 1 aliphatic carbocycles. The number of amides is 1. The van der Waals surface area contributed by atoms with Crippen molar-refractivity contribution in [1.29, 1.82) is 0 Å². The number of carbonyl (C=O) groups excluding carboxylic acids is 3. The van der Waals surface area contributed by atoms with E-state index in [-0.39, 0.29) is 34.1 Å². The van der Waals surface area contributed by atoms with Crippen molar-refractivity contribution >= 4 is 40.4 Å². The van der Waals surface area contributed by atoms with Crippen molar-refractivity contribution in [3.05, 3.63) is 93.5 Å². The second-order valence-electron chi connectivity index (χ2n) is 6.12. The average Bonchev–Trinajstić information content (AvgIpc) is 2.67. The molecule has 3 aromatic carbocycles. The van der Waals surface area contributed by atoms with E-state index in [4.69, 9.17) is 17.3 Å². The van der Waals surface area contributed by atoms with E-state index in [9.17, 15) is 14.4 Å². The minimum absolute atomic E-state index is 0.106. The first-order valence-electron chi connectivity index (χ1n) is 8.15. The summed E-state index contributed by atoms with van der Waals surface area (Å²) < 4.78 is 0. The summed E-state index contributed by atoms with van der Waals surface area (Å²) in [5.74, 6) is -1.13. The van der Waals surface area contributed by atoms with E-state index < -0.39 is 5.91 Å². The van der Waals surface area contributed by atoms with Gasteiger partial charge in [0.05, 0.1) is 16.8 Å². The van der Waals surface area contributed by atoms with E-state index in [0.29, 0.717) is 21.7 Å². The number of fused-ring (bicyclic) bond motifs is 2. The first kappa shape index (κ1) is 17.0. The fourth-order valence-corrected chi connectivity index (χ4v) is 3.37. The highest BCUT2D eigenvalue weighted by molar-refractivity contribution is 6.33. The van der Waals surface area contributed by atoms with Gasteiger partial charge in [-0.15, -0.1) is 0 Å². The first-order valence-corrected chi connectivity index (χ1v) is 8.53. The Morgan fingerprint density at radius 3 is 2.19 bits per heavy atom. The molecule has 0 unspecified atom stereocenters. The van der Waals surface area contributed by atoms with E-state index in [1.54, 1.807) is 42.5 Å². The summed E-state index contributed by atoms with van der Waals surface area (Å²) in [4.78, 5) is 38.5. The van der Waals surface area contributed by atoms with Crippen LogP contribution in [0.15, 0.2) is 60.7 Å². The molecule has 0 atom stereocenters. The van der Waals surface area contributed by atoms with E-state index in [0.717, 1.165) is 0 Å². The zero-order valence-electron chi connectivity index (χ0n) is 14.0. The van der Waals surface area contributed by atoms with E-state index >= 15 is 0 Å². The number of rotatable bonds is 2. The maximum absolute atomic E-state index is 13.0. The fraction of sp³-hybridized carbons (Fsp3) is 0. The molecule has 3 N–H and O–H groups in total. The van der Waals surface area contributed by atoms with Crippen LogP contribution in [0.1, 0.15) is 42.2 Å². The lowest BCUT2D eigenvalue weighted by Crippen LogP contribution is -2.25. The first-order chi connectivity index (χ1) is 13.0. The summed E-state index contributed by atoms with van der Waals surface area (Å²) in [6, 6.07) is 16.0. The van der Waals surface area contributed by atoms with Gasteiger partial charge in [-0.2, -0.15) is 0 Å². The van der Waals surface area contributed by atoms with E-state index in [1.807, 2.05) is 0 Å². The Balaban J connectivity index is 1.82. The maximum atomic E-state index is 13.0. The van der Waals surface area contributed by atoms with Gasteiger partial charge in [0, 0.05) is 27.4 Å². The molecule has 0 fully saturated rings. The Kier molecular flexibility index (Phi) is 4.01. The molecule has 3 aromatic rings. The van der Waals surface area contributed by atoms with Crippen molar-refractivity contribution in [3.8, 4) is 0 Å². The molecule has 0 aromatic heterocycles. The molecule has 1 aliphatic rings. The van der Waals surface area contributed by atoms with Crippen LogP contribution in [-0.4, -0.2) is 17.5 Å². The predicted octanol–water partition coefficient (Wildman–Crippen LogP) is 3.95. The standard InChI is InChI=1S/C21H13ClN2O3/c22-12-5-3-4-11(10-12)21(27)24-16-9-8-15(23)17-18(16)20(26)14-7-2-1-6-13(14)19(17)25/h1-10H,23H2,(H,24,27). The molecule has 27 heavy (non-hydrogen) atoms. The van der Waals surface area contributed by atoms with Crippen molar-refractivity contribution < 1.29 is 14.4 Å². The Labute approximate surface area is 159 Å².